The molecule has 1 unspecified atom stereocenters. The molecule has 1 heterocycles. The molecule has 1 saturated carbocycles. The molecule has 0 radical (unpaired) electrons. The molecule has 0 spiro atoms. The van der Waals surface area contributed by atoms with Gasteiger partial charge in [0.1, 0.15) is 11.3 Å². The molecular formula is C14H18FN3. The van der Waals surface area contributed by atoms with Gasteiger partial charge in [0.15, 0.2) is 5.82 Å². The van der Waals surface area contributed by atoms with E-state index in [-0.39, 0.29) is 11.9 Å². The molecule has 1 N–H and O–H groups in total. The van der Waals surface area contributed by atoms with Crippen LogP contribution in [0.4, 0.5) is 4.39 Å². The summed E-state index contributed by atoms with van der Waals surface area (Å²) in [6.45, 7) is 2.12. The Morgan fingerprint density at radius 1 is 1.50 bits per heavy atom. The Balaban J connectivity index is 2.23. The molecule has 18 heavy (non-hydrogen) atoms. The third-order valence-electron chi connectivity index (χ3n) is 3.68. The van der Waals surface area contributed by atoms with Crippen LogP contribution in [0.2, 0.25) is 0 Å². The molecule has 3 rings (SSSR count). The monoisotopic (exact) mass is 247 g/mol. The molecule has 0 amide bonds. The summed E-state index contributed by atoms with van der Waals surface area (Å²) in [5.74, 6) is 0.752. The number of nitrogens with one attached hydrogen (secondary N) is 1. The van der Waals surface area contributed by atoms with Crippen molar-refractivity contribution < 1.29 is 4.39 Å². The standard InChI is InChI=1S/C14H18FN3/c1-3-11(16-2)14-17-13-10(15)5-4-6-12(13)18(14)9-7-8-9/h4-6,9,11,16H,3,7-8H2,1-2H3. The molecule has 0 bridgehead atoms. The van der Waals surface area contributed by atoms with Gasteiger partial charge in [0.2, 0.25) is 0 Å². The molecule has 1 aliphatic carbocycles. The van der Waals surface area contributed by atoms with Crippen LogP contribution >= 0.6 is 0 Å². The summed E-state index contributed by atoms with van der Waals surface area (Å²) in [4.78, 5) is 4.54. The smallest absolute Gasteiger partial charge is 0.151 e. The maximum absolute atomic E-state index is 13.8. The van der Waals surface area contributed by atoms with Gasteiger partial charge in [0.25, 0.3) is 0 Å². The van der Waals surface area contributed by atoms with E-state index in [1.165, 1.54) is 18.9 Å². The lowest BCUT2D eigenvalue weighted by Gasteiger charge is -2.15. The van der Waals surface area contributed by atoms with Crippen LogP contribution in [-0.2, 0) is 0 Å². The van der Waals surface area contributed by atoms with E-state index >= 15 is 0 Å². The fraction of sp³-hybridized carbons (Fsp3) is 0.500. The third kappa shape index (κ3) is 1.72. The van der Waals surface area contributed by atoms with Crippen LogP contribution in [0.15, 0.2) is 18.2 Å². The van der Waals surface area contributed by atoms with E-state index in [0.29, 0.717) is 11.6 Å². The average molecular weight is 247 g/mol. The van der Waals surface area contributed by atoms with Gasteiger partial charge in [-0.15, -0.1) is 0 Å². The van der Waals surface area contributed by atoms with E-state index in [4.69, 9.17) is 0 Å². The number of rotatable bonds is 4. The van der Waals surface area contributed by atoms with Gasteiger partial charge in [-0.3, -0.25) is 0 Å². The van der Waals surface area contributed by atoms with Gasteiger partial charge >= 0.3 is 0 Å². The highest BCUT2D eigenvalue weighted by atomic mass is 19.1. The summed E-state index contributed by atoms with van der Waals surface area (Å²) in [6.07, 6.45) is 3.30. The lowest BCUT2D eigenvalue weighted by Crippen LogP contribution is -2.19. The fourth-order valence-electron chi connectivity index (χ4n) is 2.58. The Labute approximate surface area is 106 Å². The second-order valence-electron chi connectivity index (χ2n) is 4.93. The van der Waals surface area contributed by atoms with Crippen LogP contribution in [0.5, 0.6) is 0 Å². The summed E-state index contributed by atoms with van der Waals surface area (Å²) < 4.78 is 16.1. The normalized spacial score (nSPS) is 17.3. The predicted molar refractivity (Wildman–Crippen MR) is 70.1 cm³/mol. The number of nitrogens with zero attached hydrogens (tertiary/aromatic N) is 2. The predicted octanol–water partition coefficient (Wildman–Crippen LogP) is 3.18. The molecule has 96 valence electrons. The van der Waals surface area contributed by atoms with Crippen molar-refractivity contribution in [3.05, 3.63) is 29.8 Å². The number of benzene rings is 1. The maximum atomic E-state index is 13.8. The van der Waals surface area contributed by atoms with Gasteiger partial charge in [-0.25, -0.2) is 9.37 Å². The lowest BCUT2D eigenvalue weighted by atomic mass is 10.2. The molecular weight excluding hydrogens is 229 g/mol. The van der Waals surface area contributed by atoms with E-state index in [1.54, 1.807) is 6.07 Å². The lowest BCUT2D eigenvalue weighted by molar-refractivity contribution is 0.513. The van der Waals surface area contributed by atoms with Crippen molar-refractivity contribution in [1.82, 2.24) is 14.9 Å². The van der Waals surface area contributed by atoms with E-state index in [2.05, 4.69) is 21.8 Å². The summed E-state index contributed by atoms with van der Waals surface area (Å²) >= 11 is 0. The number of hydrogen-bond acceptors (Lipinski definition) is 2. The Hall–Kier alpha value is -1.42. The van der Waals surface area contributed by atoms with Crippen molar-refractivity contribution in [2.24, 2.45) is 0 Å². The molecule has 4 heteroatoms. The minimum absolute atomic E-state index is 0.192. The van der Waals surface area contributed by atoms with Crippen LogP contribution in [0, 0.1) is 5.82 Å². The highest BCUT2D eigenvalue weighted by Gasteiger charge is 2.30. The van der Waals surface area contributed by atoms with Crippen molar-refractivity contribution in [3.8, 4) is 0 Å². The largest absolute Gasteiger partial charge is 0.323 e. The van der Waals surface area contributed by atoms with Gasteiger partial charge in [-0.2, -0.15) is 0 Å². The summed E-state index contributed by atoms with van der Waals surface area (Å²) in [5, 5.41) is 3.27. The third-order valence-corrected chi connectivity index (χ3v) is 3.68. The van der Waals surface area contributed by atoms with Crippen molar-refractivity contribution in [2.45, 2.75) is 38.3 Å². The highest BCUT2D eigenvalue weighted by Crippen LogP contribution is 2.40. The number of halogens is 1. The SMILES string of the molecule is CCC(NC)c1nc2c(F)cccc2n1C1CC1. The number of aromatic nitrogens is 2. The van der Waals surface area contributed by atoms with Gasteiger partial charge in [0.05, 0.1) is 11.6 Å². The minimum atomic E-state index is -0.223. The van der Waals surface area contributed by atoms with Crippen LogP contribution in [0.3, 0.4) is 0 Å². The quantitative estimate of drug-likeness (QED) is 0.899. The van der Waals surface area contributed by atoms with Crippen LogP contribution in [0.1, 0.15) is 44.1 Å². The molecule has 0 aliphatic heterocycles. The Morgan fingerprint density at radius 3 is 2.89 bits per heavy atom. The minimum Gasteiger partial charge on any atom is -0.323 e. The van der Waals surface area contributed by atoms with Gasteiger partial charge in [0, 0.05) is 6.04 Å². The van der Waals surface area contributed by atoms with Gasteiger partial charge < -0.3 is 9.88 Å². The summed E-state index contributed by atoms with van der Waals surface area (Å²) in [6, 6.07) is 5.92. The second-order valence-corrected chi connectivity index (χ2v) is 4.93. The second kappa shape index (κ2) is 4.35. The summed E-state index contributed by atoms with van der Waals surface area (Å²) in [7, 11) is 1.93. The Bertz CT molecular complexity index is 568. The molecule has 1 aliphatic rings. The number of para-hydroxylation sites is 1. The van der Waals surface area contributed by atoms with Crippen molar-refractivity contribution in [3.63, 3.8) is 0 Å². The van der Waals surface area contributed by atoms with E-state index in [0.717, 1.165) is 17.8 Å². The molecule has 1 aromatic carbocycles. The van der Waals surface area contributed by atoms with Crippen molar-refractivity contribution in [1.29, 1.82) is 0 Å². The Kier molecular flexibility index (Phi) is 2.82. The number of fused-ring (bicyclic) bond motifs is 1. The number of imidazole rings is 1. The molecule has 3 nitrogen and oxygen atoms in total. The Morgan fingerprint density at radius 2 is 2.28 bits per heavy atom. The van der Waals surface area contributed by atoms with Crippen LogP contribution in [-0.4, -0.2) is 16.6 Å². The zero-order valence-corrected chi connectivity index (χ0v) is 10.8. The van der Waals surface area contributed by atoms with E-state index < -0.39 is 0 Å². The van der Waals surface area contributed by atoms with Crippen LogP contribution in [0.25, 0.3) is 11.0 Å². The summed E-state index contributed by atoms with van der Waals surface area (Å²) in [5.41, 5.74) is 1.44. The highest BCUT2D eigenvalue weighted by molar-refractivity contribution is 5.77. The first-order valence-electron chi connectivity index (χ1n) is 6.59. The fourth-order valence-corrected chi connectivity index (χ4v) is 2.58. The van der Waals surface area contributed by atoms with Gasteiger partial charge in [-0.1, -0.05) is 13.0 Å². The molecule has 1 atom stereocenters. The maximum Gasteiger partial charge on any atom is 0.151 e. The molecule has 2 aromatic rings. The average Bonchev–Trinajstić information content (AvgIpc) is 3.13. The zero-order chi connectivity index (χ0) is 12.7. The zero-order valence-electron chi connectivity index (χ0n) is 10.8. The first kappa shape index (κ1) is 11.7. The van der Waals surface area contributed by atoms with E-state index in [1.807, 2.05) is 13.1 Å². The topological polar surface area (TPSA) is 29.9 Å². The first-order valence-corrected chi connectivity index (χ1v) is 6.59. The first-order chi connectivity index (χ1) is 8.76. The van der Waals surface area contributed by atoms with Gasteiger partial charge in [-0.05, 0) is 38.4 Å². The van der Waals surface area contributed by atoms with Crippen molar-refractivity contribution in [2.75, 3.05) is 7.05 Å². The van der Waals surface area contributed by atoms with E-state index in [9.17, 15) is 4.39 Å². The van der Waals surface area contributed by atoms with Crippen LogP contribution < -0.4 is 5.32 Å². The van der Waals surface area contributed by atoms with Crippen molar-refractivity contribution >= 4 is 11.0 Å². The molecule has 0 saturated heterocycles. The molecule has 1 aromatic heterocycles. The number of hydrogen-bond donors (Lipinski definition) is 1. The molecule has 1 fully saturated rings.